The molecule has 0 unspecified atom stereocenters. The molecule has 2 rings (SSSR count). The summed E-state index contributed by atoms with van der Waals surface area (Å²) in [6.07, 6.45) is 1.90. The second-order valence-corrected chi connectivity index (χ2v) is 5.80. The van der Waals surface area contributed by atoms with Gasteiger partial charge in [-0.3, -0.25) is 20.0 Å². The second-order valence-electron chi connectivity index (χ2n) is 5.80. The molecule has 25 heavy (non-hydrogen) atoms. The first-order valence-corrected chi connectivity index (χ1v) is 8.20. The number of aryl methyl sites for hydroxylation is 1. The quantitative estimate of drug-likeness (QED) is 0.691. The largest absolute Gasteiger partial charge is 0.354 e. The molecule has 0 saturated heterocycles. The molecule has 0 atom stereocenters. The Morgan fingerprint density at radius 2 is 1.96 bits per heavy atom. The van der Waals surface area contributed by atoms with Crippen LogP contribution in [0.5, 0.6) is 0 Å². The van der Waals surface area contributed by atoms with Crippen LogP contribution in [0.2, 0.25) is 0 Å². The van der Waals surface area contributed by atoms with E-state index in [0.717, 1.165) is 11.3 Å². The first-order chi connectivity index (χ1) is 12.0. The summed E-state index contributed by atoms with van der Waals surface area (Å²) in [5.74, 6) is -0.226. The van der Waals surface area contributed by atoms with Crippen LogP contribution >= 0.6 is 0 Å². The van der Waals surface area contributed by atoms with Gasteiger partial charge in [0.05, 0.1) is 18.8 Å². The van der Waals surface area contributed by atoms with Crippen LogP contribution in [0.3, 0.4) is 0 Å². The van der Waals surface area contributed by atoms with E-state index in [1.807, 2.05) is 37.3 Å². The van der Waals surface area contributed by atoms with Gasteiger partial charge in [-0.2, -0.15) is 0 Å². The zero-order valence-electron chi connectivity index (χ0n) is 14.9. The summed E-state index contributed by atoms with van der Waals surface area (Å²) in [5, 5.41) is 4.20. The van der Waals surface area contributed by atoms with Crippen LogP contribution in [0.4, 0.5) is 0 Å². The molecule has 0 fully saturated rings. The van der Waals surface area contributed by atoms with E-state index in [4.69, 9.17) is 9.47 Å². The molecule has 0 spiro atoms. The molecule has 1 aromatic rings. The van der Waals surface area contributed by atoms with Crippen molar-refractivity contribution in [2.75, 3.05) is 27.3 Å². The number of nitrogens with one attached hydrogen (secondary N) is 2. The molecule has 1 aliphatic heterocycles. The maximum absolute atomic E-state index is 12.0. The van der Waals surface area contributed by atoms with Crippen molar-refractivity contribution >= 4 is 17.5 Å². The molecule has 1 heterocycles. The summed E-state index contributed by atoms with van der Waals surface area (Å²) in [7, 11) is 3.02. The summed E-state index contributed by atoms with van der Waals surface area (Å²) in [6.45, 7) is 2.58. The monoisotopic (exact) mass is 347 g/mol. The van der Waals surface area contributed by atoms with Crippen molar-refractivity contribution in [2.45, 2.75) is 26.1 Å². The van der Waals surface area contributed by atoms with Crippen molar-refractivity contribution < 1.29 is 19.1 Å². The molecule has 0 aromatic heterocycles. The number of methoxy groups -OCH3 is 2. The maximum Gasteiger partial charge on any atom is 0.244 e. The lowest BCUT2D eigenvalue weighted by molar-refractivity contribution is -0.134. The van der Waals surface area contributed by atoms with Gasteiger partial charge >= 0.3 is 0 Å². The number of ether oxygens (including phenoxy) is 2. The highest BCUT2D eigenvalue weighted by Crippen LogP contribution is 2.18. The minimum Gasteiger partial charge on any atom is -0.354 e. The van der Waals surface area contributed by atoms with E-state index in [9.17, 15) is 9.59 Å². The molecule has 136 valence electrons. The summed E-state index contributed by atoms with van der Waals surface area (Å²) >= 11 is 0. The highest BCUT2D eigenvalue weighted by Gasteiger charge is 2.20. The Hall–Kier alpha value is -2.38. The molecule has 2 amide bonds. The van der Waals surface area contributed by atoms with Crippen molar-refractivity contribution in [3.63, 3.8) is 0 Å². The third-order valence-corrected chi connectivity index (χ3v) is 3.95. The van der Waals surface area contributed by atoms with Gasteiger partial charge in [-0.1, -0.05) is 29.8 Å². The number of carbonyl (C=O) groups is 2. The van der Waals surface area contributed by atoms with Gasteiger partial charge in [-0.05, 0) is 18.6 Å². The Labute approximate surface area is 147 Å². The van der Waals surface area contributed by atoms with Crippen LogP contribution in [0.1, 0.15) is 24.0 Å². The number of hydrogen-bond acceptors (Lipinski definition) is 5. The van der Waals surface area contributed by atoms with Crippen molar-refractivity contribution in [3.8, 4) is 0 Å². The molecule has 0 aliphatic carbocycles. The minimum absolute atomic E-state index is 0.0599. The fourth-order valence-electron chi connectivity index (χ4n) is 2.41. The Kier molecular flexibility index (Phi) is 6.97. The van der Waals surface area contributed by atoms with E-state index in [1.165, 1.54) is 24.8 Å². The molecule has 7 heteroatoms. The average molecular weight is 347 g/mol. The van der Waals surface area contributed by atoms with E-state index in [0.29, 0.717) is 13.0 Å². The average Bonchev–Trinajstić information content (AvgIpc) is 2.62. The first-order valence-electron chi connectivity index (χ1n) is 8.20. The SMILES string of the molecule is COC(CNC(=O)CCN1NC(c2ccc(C)cc2)=CCC1=O)OC. The fourth-order valence-corrected chi connectivity index (χ4v) is 2.41. The predicted molar refractivity (Wildman–Crippen MR) is 94.1 cm³/mol. The van der Waals surface area contributed by atoms with E-state index >= 15 is 0 Å². The summed E-state index contributed by atoms with van der Waals surface area (Å²) in [6, 6.07) is 8.05. The standard InChI is InChI=1S/C18H25N3O4/c1-13-4-6-14(7-5-13)15-8-9-17(23)21(20-15)11-10-16(22)19-12-18(24-2)25-3/h4-8,18,20H,9-12H2,1-3H3,(H,19,22). The third kappa shape index (κ3) is 5.58. The Balaban J connectivity index is 1.85. The van der Waals surface area contributed by atoms with Gasteiger partial charge in [-0.25, -0.2) is 0 Å². The number of amides is 2. The Bertz CT molecular complexity index is 624. The van der Waals surface area contributed by atoms with E-state index in [2.05, 4.69) is 10.7 Å². The Morgan fingerprint density at radius 3 is 2.60 bits per heavy atom. The highest BCUT2D eigenvalue weighted by molar-refractivity contribution is 5.84. The number of nitrogens with zero attached hydrogens (tertiary/aromatic N) is 1. The number of rotatable bonds is 8. The molecule has 2 N–H and O–H groups in total. The zero-order chi connectivity index (χ0) is 18.2. The second kappa shape index (κ2) is 9.19. The summed E-state index contributed by atoms with van der Waals surface area (Å²) in [5.41, 5.74) is 6.16. The van der Waals surface area contributed by atoms with Crippen LogP contribution < -0.4 is 10.7 Å². The number of hydrogen-bond donors (Lipinski definition) is 2. The van der Waals surface area contributed by atoms with E-state index < -0.39 is 6.29 Å². The molecule has 0 radical (unpaired) electrons. The van der Waals surface area contributed by atoms with Crippen molar-refractivity contribution in [3.05, 3.63) is 41.5 Å². The van der Waals surface area contributed by atoms with E-state index in [1.54, 1.807) is 0 Å². The van der Waals surface area contributed by atoms with Crippen LogP contribution in [-0.4, -0.2) is 50.4 Å². The van der Waals surface area contributed by atoms with Crippen LogP contribution in [0.25, 0.3) is 5.70 Å². The fraction of sp³-hybridized carbons (Fsp3) is 0.444. The number of hydrazine groups is 1. The van der Waals surface area contributed by atoms with Crippen molar-refractivity contribution in [1.82, 2.24) is 15.8 Å². The molecular weight excluding hydrogens is 322 g/mol. The number of carbonyl (C=O) groups excluding carboxylic acids is 2. The third-order valence-electron chi connectivity index (χ3n) is 3.95. The van der Waals surface area contributed by atoms with Crippen LogP contribution in [-0.2, 0) is 19.1 Å². The van der Waals surface area contributed by atoms with Crippen molar-refractivity contribution in [2.24, 2.45) is 0 Å². The lowest BCUT2D eigenvalue weighted by Gasteiger charge is -2.29. The van der Waals surface area contributed by atoms with Gasteiger partial charge in [0.15, 0.2) is 6.29 Å². The first kappa shape index (κ1) is 19.0. The van der Waals surface area contributed by atoms with E-state index in [-0.39, 0.29) is 24.8 Å². The molecule has 0 bridgehead atoms. The molecule has 1 aromatic carbocycles. The summed E-state index contributed by atoms with van der Waals surface area (Å²) in [4.78, 5) is 24.0. The minimum atomic E-state index is -0.477. The summed E-state index contributed by atoms with van der Waals surface area (Å²) < 4.78 is 10.0. The van der Waals surface area contributed by atoms with Crippen LogP contribution in [0, 0.1) is 6.92 Å². The van der Waals surface area contributed by atoms with Gasteiger partial charge < -0.3 is 14.8 Å². The normalized spacial score (nSPS) is 14.3. The lowest BCUT2D eigenvalue weighted by atomic mass is 10.1. The molecule has 7 nitrogen and oxygen atoms in total. The molecule has 0 saturated carbocycles. The Morgan fingerprint density at radius 1 is 1.28 bits per heavy atom. The van der Waals surface area contributed by atoms with Crippen molar-refractivity contribution in [1.29, 1.82) is 0 Å². The predicted octanol–water partition coefficient (Wildman–Crippen LogP) is 1.20. The zero-order valence-corrected chi connectivity index (χ0v) is 14.9. The lowest BCUT2D eigenvalue weighted by Crippen LogP contribution is -2.46. The molecule has 1 aliphatic rings. The highest BCUT2D eigenvalue weighted by atomic mass is 16.7. The maximum atomic E-state index is 12.0. The topological polar surface area (TPSA) is 79.9 Å². The van der Waals surface area contributed by atoms with Crippen LogP contribution in [0.15, 0.2) is 30.3 Å². The van der Waals surface area contributed by atoms with Gasteiger partial charge in [0.2, 0.25) is 11.8 Å². The number of benzene rings is 1. The smallest absolute Gasteiger partial charge is 0.244 e. The van der Waals surface area contributed by atoms with Gasteiger partial charge in [-0.15, -0.1) is 0 Å². The molecular formula is C18H25N3O4. The van der Waals surface area contributed by atoms with Gasteiger partial charge in [0, 0.05) is 27.1 Å². The van der Waals surface area contributed by atoms with Gasteiger partial charge in [0.1, 0.15) is 0 Å². The van der Waals surface area contributed by atoms with Gasteiger partial charge in [0.25, 0.3) is 0 Å².